The third-order valence-electron chi connectivity index (χ3n) is 29.2. The van der Waals surface area contributed by atoms with Crippen LogP contribution in [0.4, 0.5) is 68.2 Å². The Morgan fingerprint density at radius 3 is 0.423 bits per heavy atom. The highest BCUT2D eigenvalue weighted by molar-refractivity contribution is 8.21. The van der Waals surface area contributed by atoms with E-state index < -0.39 is 41.4 Å². The van der Waals surface area contributed by atoms with E-state index in [9.17, 15) is 0 Å². The SMILES string of the molecule is O=S12(c3ccc(N4c5ccccc5[Si](c5ccccc5)(c5ccccc5)c5ccccc54)cc3-c3cc(N4c5ccccc5[Si](c5ccccc5)(c5ccccc5)c5ccccc54)ccc31)c1ccc(N3c4ccccc4[Si](c4ccccc4)(c4ccccc4)c4ccccc43)cc1-c1cc(N3c4ccccc4[Si](c4ccccc4)(c4ccccc4)c4ccccc43)ccc12. The van der Waals surface area contributed by atoms with Gasteiger partial charge in [-0.3, -0.25) is 4.21 Å². The van der Waals surface area contributed by atoms with Gasteiger partial charge < -0.3 is 19.6 Å². The number of para-hydroxylation sites is 8. The largest absolute Gasteiger partial charge is 0.311 e. The van der Waals surface area contributed by atoms with Crippen LogP contribution in [0, 0.1) is 0 Å². The van der Waals surface area contributed by atoms with Crippen molar-refractivity contribution in [1.29, 1.82) is 0 Å². The zero-order chi connectivity index (χ0) is 85.9. The maximum Gasteiger partial charge on any atom is 0.184 e. The summed E-state index contributed by atoms with van der Waals surface area (Å²) in [6.07, 6.45) is 0. The van der Waals surface area contributed by atoms with Gasteiger partial charge in [-0.1, -0.05) is 388 Å². The van der Waals surface area contributed by atoms with Crippen LogP contribution >= 0.6 is 0 Å². The third-order valence-corrected chi connectivity index (χ3v) is 53.4. The molecular weight excluding hydrogens is 1660 g/mol. The van der Waals surface area contributed by atoms with E-state index in [2.05, 4.69) is 529 Å². The number of hydrogen-bond acceptors (Lipinski definition) is 5. The first-order valence-corrected chi connectivity index (χ1v) is 55.0. The van der Waals surface area contributed by atoms with E-state index in [1.165, 1.54) is 83.0 Å². The topological polar surface area (TPSA) is 30.0 Å². The summed E-state index contributed by atoms with van der Waals surface area (Å²) in [6.45, 7) is 0. The minimum absolute atomic E-state index is 0.786. The zero-order valence-corrected chi connectivity index (χ0v) is 75.9. The van der Waals surface area contributed by atoms with Gasteiger partial charge >= 0.3 is 0 Å². The average Bonchev–Trinajstić information content (AvgIpc) is 1.46. The first kappa shape index (κ1) is 75.9. The first-order chi connectivity index (χ1) is 64.4. The van der Waals surface area contributed by atoms with Crippen LogP contribution in [-0.2, 0) is 9.07 Å². The van der Waals surface area contributed by atoms with Crippen LogP contribution in [0.5, 0.6) is 0 Å². The Balaban J connectivity index is 0.756. The van der Waals surface area contributed by atoms with E-state index in [0.717, 1.165) is 110 Å². The lowest BCUT2D eigenvalue weighted by Gasteiger charge is -2.45. The molecule has 10 heteroatoms. The van der Waals surface area contributed by atoms with Crippen molar-refractivity contribution < 1.29 is 4.21 Å². The molecule has 6 aliphatic heterocycles. The molecule has 0 fully saturated rings. The molecule has 6 aliphatic rings. The summed E-state index contributed by atoms with van der Waals surface area (Å²) in [4.78, 5) is 13.2. The maximum absolute atomic E-state index is 20.8. The van der Waals surface area contributed by atoms with Gasteiger partial charge in [-0.2, -0.15) is 0 Å². The lowest BCUT2D eigenvalue weighted by molar-refractivity contribution is 0.658. The van der Waals surface area contributed by atoms with Crippen molar-refractivity contribution in [2.45, 2.75) is 19.6 Å². The van der Waals surface area contributed by atoms with Gasteiger partial charge in [0, 0.05) is 119 Å². The van der Waals surface area contributed by atoms with Crippen LogP contribution in [-0.4, -0.2) is 36.5 Å². The number of anilines is 12. The molecule has 0 aliphatic carbocycles. The number of nitrogens with zero attached hydrogens (tertiary/aromatic N) is 4. The van der Waals surface area contributed by atoms with E-state index in [1.807, 2.05) is 0 Å². The number of rotatable bonds is 12. The average molecular weight is 1740 g/mol. The van der Waals surface area contributed by atoms with Crippen LogP contribution < -0.4 is 103 Å². The van der Waals surface area contributed by atoms with Gasteiger partial charge in [-0.05, 0) is 204 Å². The summed E-state index contributed by atoms with van der Waals surface area (Å²) in [6, 6.07) is 192. The van der Waals surface area contributed by atoms with Gasteiger partial charge in [-0.25, -0.2) is 0 Å². The summed E-state index contributed by atoms with van der Waals surface area (Å²) in [5.74, 6) is 0. The van der Waals surface area contributed by atoms with Gasteiger partial charge in [0.1, 0.15) is 0 Å². The molecule has 20 aromatic rings. The number of benzene rings is 20. The lowest BCUT2D eigenvalue weighted by Crippen LogP contribution is -2.77. The predicted octanol–water partition coefficient (Wildman–Crippen LogP) is 18.6. The van der Waals surface area contributed by atoms with Gasteiger partial charge in [0.05, 0.1) is 0 Å². The minimum Gasteiger partial charge on any atom is -0.311 e. The molecular formula is C120H84N4OSSi4. The van der Waals surface area contributed by atoms with Gasteiger partial charge in [0.15, 0.2) is 32.3 Å². The molecule has 0 unspecified atom stereocenters. The molecule has 0 bridgehead atoms. The van der Waals surface area contributed by atoms with Crippen LogP contribution in [0.3, 0.4) is 0 Å². The van der Waals surface area contributed by atoms with Gasteiger partial charge in [0.25, 0.3) is 0 Å². The Morgan fingerprint density at radius 1 is 0.146 bits per heavy atom. The Morgan fingerprint density at radius 2 is 0.277 bits per heavy atom. The van der Waals surface area contributed by atoms with Crippen LogP contribution in [0.1, 0.15) is 0 Å². The lowest BCUT2D eigenvalue weighted by atomic mass is 10.0. The molecule has 0 amide bonds. The van der Waals surface area contributed by atoms with Crippen molar-refractivity contribution in [3.8, 4) is 22.3 Å². The molecule has 1 spiro atoms. The number of hydrogen-bond donors (Lipinski definition) is 0. The highest BCUT2D eigenvalue weighted by atomic mass is 32.3. The van der Waals surface area contributed by atoms with Crippen molar-refractivity contribution in [3.63, 3.8) is 0 Å². The predicted molar refractivity (Wildman–Crippen MR) is 552 cm³/mol. The normalized spacial score (nSPS) is 15.8. The van der Waals surface area contributed by atoms with Gasteiger partial charge in [-0.15, -0.1) is 0 Å². The molecule has 0 N–H and O–H groups in total. The standard InChI is InChI=1S/C120H84N4OSSi4/c125-126(109-77-73-85(121-101-57-25-33-65-113(101)127(89-41-9-1-10-42-89,90-43-11-2-12-44-90)114-66-34-26-58-102(114)121)81-97(109)98-82-86(74-78-110(98)126)122-103-59-27-35-67-115(103)128(91-45-13-3-14-46-91,92-47-15-4-16-48-92)116-68-36-28-60-104(116)122)111-79-75-87(123-105-61-29-37-69-117(105)129(93-49-17-5-18-50-93,94-51-19-6-20-52-94)118-70-38-30-62-106(118)123)83-99(111)100-84-88(76-80-112(100)126)124-107-63-31-39-71-119(107)130(95-53-21-7-22-54-95,96-55-23-8-24-56-96)120-72-40-32-64-108(120)124/h1-84H. The van der Waals surface area contributed by atoms with Crippen molar-refractivity contribution in [2.24, 2.45) is 0 Å². The zero-order valence-electron chi connectivity index (χ0n) is 71.1. The van der Waals surface area contributed by atoms with Crippen molar-refractivity contribution in [1.82, 2.24) is 0 Å². The molecule has 0 aromatic heterocycles. The Labute approximate surface area is 761 Å². The second-order valence-electron chi connectivity index (χ2n) is 35.1. The number of fused-ring (bicyclic) bond motifs is 18. The second kappa shape index (κ2) is 29.1. The maximum atomic E-state index is 20.8. The molecule has 26 rings (SSSR count). The first-order valence-electron chi connectivity index (χ1n) is 45.0. The van der Waals surface area contributed by atoms with Crippen molar-refractivity contribution in [2.75, 3.05) is 19.6 Å². The Hall–Kier alpha value is -15.4. The monoisotopic (exact) mass is 1740 g/mol. The molecule has 0 atom stereocenters. The van der Waals surface area contributed by atoms with Crippen LogP contribution in [0.15, 0.2) is 529 Å². The molecule has 0 saturated carbocycles. The van der Waals surface area contributed by atoms with E-state index in [1.54, 1.807) is 0 Å². The second-order valence-corrected chi connectivity index (χ2v) is 53.7. The molecule has 5 nitrogen and oxygen atoms in total. The molecule has 20 aromatic carbocycles. The van der Waals surface area contributed by atoms with Gasteiger partial charge in [0.2, 0.25) is 0 Å². The van der Waals surface area contributed by atoms with Crippen LogP contribution in [0.25, 0.3) is 22.3 Å². The minimum atomic E-state index is -4.89. The van der Waals surface area contributed by atoms with E-state index >= 15 is 4.21 Å². The molecule has 0 saturated heterocycles. The van der Waals surface area contributed by atoms with Crippen molar-refractivity contribution >= 4 is 193 Å². The van der Waals surface area contributed by atoms with Crippen LogP contribution in [0.2, 0.25) is 0 Å². The quantitative estimate of drug-likeness (QED) is 0.114. The van der Waals surface area contributed by atoms with E-state index in [0.29, 0.717) is 0 Å². The molecule has 6 heterocycles. The Kier molecular flexibility index (Phi) is 17.0. The fourth-order valence-electron chi connectivity index (χ4n) is 24.3. The van der Waals surface area contributed by atoms with E-state index in [4.69, 9.17) is 0 Å². The Bertz CT molecular complexity index is 6740. The summed E-state index contributed by atoms with van der Waals surface area (Å²) in [5.41, 5.74) is 16.6. The highest BCUT2D eigenvalue weighted by Crippen LogP contribution is 2.73. The fraction of sp³-hybridized carbons (Fsp3) is 0. The molecule has 0 radical (unpaired) electrons. The fourth-order valence-corrected chi connectivity index (χ4v) is 49.8. The summed E-state index contributed by atoms with van der Waals surface area (Å²) < 4.78 is 20.8. The summed E-state index contributed by atoms with van der Waals surface area (Å²) in [5, 5.41) is 21.0. The van der Waals surface area contributed by atoms with E-state index in [-0.39, 0.29) is 0 Å². The third kappa shape index (κ3) is 10.1. The summed E-state index contributed by atoms with van der Waals surface area (Å²) in [7, 11) is -17.2. The summed E-state index contributed by atoms with van der Waals surface area (Å²) >= 11 is 0. The highest BCUT2D eigenvalue weighted by Gasteiger charge is 2.61. The molecule has 130 heavy (non-hydrogen) atoms. The smallest absolute Gasteiger partial charge is 0.184 e. The molecule has 612 valence electrons. The van der Waals surface area contributed by atoms with Crippen molar-refractivity contribution in [3.05, 3.63) is 510 Å².